The summed E-state index contributed by atoms with van der Waals surface area (Å²) in [5.74, 6) is 0.648. The molecular formula is C17H16BrN5O2. The van der Waals surface area contributed by atoms with E-state index >= 15 is 0 Å². The number of para-hydroxylation sites is 1. The molecule has 7 nitrogen and oxygen atoms in total. The fraction of sp³-hybridized carbons (Fsp3) is 0.176. The average molecular weight is 402 g/mol. The Morgan fingerprint density at radius 2 is 2.12 bits per heavy atom. The van der Waals surface area contributed by atoms with Crippen molar-refractivity contribution < 1.29 is 9.53 Å². The summed E-state index contributed by atoms with van der Waals surface area (Å²) in [7, 11) is 1.64. The van der Waals surface area contributed by atoms with E-state index < -0.39 is 0 Å². The zero-order chi connectivity index (χ0) is 17.6. The van der Waals surface area contributed by atoms with Crippen LogP contribution in [-0.2, 0) is 6.42 Å². The Morgan fingerprint density at radius 3 is 2.88 bits per heavy atom. The van der Waals surface area contributed by atoms with Gasteiger partial charge in [0.25, 0.3) is 5.91 Å². The summed E-state index contributed by atoms with van der Waals surface area (Å²) in [5, 5.41) is 14.0. The summed E-state index contributed by atoms with van der Waals surface area (Å²) < 4.78 is 7.53. The van der Waals surface area contributed by atoms with Crippen LogP contribution in [0.15, 0.2) is 53.3 Å². The lowest BCUT2D eigenvalue weighted by molar-refractivity contribution is 0.0953. The summed E-state index contributed by atoms with van der Waals surface area (Å²) in [4.78, 5) is 12.5. The van der Waals surface area contributed by atoms with E-state index in [0.717, 1.165) is 11.3 Å². The Hall–Kier alpha value is -2.74. The summed E-state index contributed by atoms with van der Waals surface area (Å²) in [6.45, 7) is 0.501. The van der Waals surface area contributed by atoms with Crippen LogP contribution < -0.4 is 10.1 Å². The molecular weight excluding hydrogens is 386 g/mol. The normalized spacial score (nSPS) is 10.5. The van der Waals surface area contributed by atoms with Gasteiger partial charge in [-0.2, -0.15) is 0 Å². The number of tetrazole rings is 1. The maximum Gasteiger partial charge on any atom is 0.252 e. The number of carbonyl (C=O) groups excluding carboxylic acids is 1. The van der Waals surface area contributed by atoms with Crippen molar-refractivity contribution in [2.75, 3.05) is 13.7 Å². The van der Waals surface area contributed by atoms with Gasteiger partial charge in [0.15, 0.2) is 0 Å². The van der Waals surface area contributed by atoms with Crippen LogP contribution >= 0.6 is 15.9 Å². The highest BCUT2D eigenvalue weighted by Crippen LogP contribution is 2.20. The predicted molar refractivity (Wildman–Crippen MR) is 95.9 cm³/mol. The summed E-state index contributed by atoms with van der Waals surface area (Å²) in [6.07, 6.45) is 2.16. The summed E-state index contributed by atoms with van der Waals surface area (Å²) in [5.41, 5.74) is 2.28. The average Bonchev–Trinajstić information content (AvgIpc) is 3.17. The number of nitrogens with zero attached hydrogens (tertiary/aromatic N) is 4. The maximum absolute atomic E-state index is 12.5. The quantitative estimate of drug-likeness (QED) is 0.685. The first-order chi connectivity index (χ1) is 12.2. The fourth-order valence-electron chi connectivity index (χ4n) is 2.42. The minimum atomic E-state index is -0.170. The summed E-state index contributed by atoms with van der Waals surface area (Å²) >= 11 is 3.41. The second-order valence-corrected chi connectivity index (χ2v) is 6.09. The number of amides is 1. The van der Waals surface area contributed by atoms with Crippen molar-refractivity contribution in [2.45, 2.75) is 6.42 Å². The van der Waals surface area contributed by atoms with Crippen molar-refractivity contribution >= 4 is 21.8 Å². The molecule has 1 aromatic heterocycles. The minimum absolute atomic E-state index is 0.170. The maximum atomic E-state index is 12.5. The van der Waals surface area contributed by atoms with Crippen LogP contribution in [0.25, 0.3) is 5.69 Å². The van der Waals surface area contributed by atoms with Gasteiger partial charge in [0.2, 0.25) is 0 Å². The molecule has 0 aliphatic heterocycles. The van der Waals surface area contributed by atoms with Crippen molar-refractivity contribution in [3.63, 3.8) is 0 Å². The van der Waals surface area contributed by atoms with Gasteiger partial charge in [0.05, 0.1) is 18.4 Å². The van der Waals surface area contributed by atoms with Crippen LogP contribution in [0.2, 0.25) is 0 Å². The minimum Gasteiger partial charge on any atom is -0.496 e. The van der Waals surface area contributed by atoms with E-state index in [9.17, 15) is 4.79 Å². The molecule has 25 heavy (non-hydrogen) atoms. The molecule has 0 aliphatic rings. The van der Waals surface area contributed by atoms with Gasteiger partial charge in [-0.05, 0) is 62.6 Å². The van der Waals surface area contributed by atoms with E-state index in [1.54, 1.807) is 19.2 Å². The number of aromatic nitrogens is 4. The molecule has 0 saturated heterocycles. The highest BCUT2D eigenvalue weighted by atomic mass is 79.9. The Bertz CT molecular complexity index is 867. The second-order valence-electron chi connectivity index (χ2n) is 5.24. The molecule has 3 rings (SSSR count). The summed E-state index contributed by atoms with van der Waals surface area (Å²) in [6, 6.07) is 13.1. The van der Waals surface area contributed by atoms with Crippen LogP contribution in [0.5, 0.6) is 5.75 Å². The zero-order valence-corrected chi connectivity index (χ0v) is 15.1. The molecule has 0 aliphatic carbocycles. The topological polar surface area (TPSA) is 81.9 Å². The number of methoxy groups -OCH3 is 1. The standard InChI is InChI=1S/C17H16BrN5O2/c1-25-16-5-3-2-4-12(16)8-9-19-17(24)14-10-13(6-7-15(14)18)23-11-20-21-22-23/h2-7,10-11H,8-9H2,1H3,(H,19,24). The molecule has 2 aromatic carbocycles. The number of ether oxygens (including phenoxy) is 1. The van der Waals surface area contributed by atoms with Gasteiger partial charge >= 0.3 is 0 Å². The van der Waals surface area contributed by atoms with E-state index in [2.05, 4.69) is 36.8 Å². The molecule has 0 fully saturated rings. The molecule has 0 atom stereocenters. The van der Waals surface area contributed by atoms with Crippen LogP contribution in [0.4, 0.5) is 0 Å². The third-order valence-corrected chi connectivity index (χ3v) is 4.37. The molecule has 0 radical (unpaired) electrons. The molecule has 1 amide bonds. The lowest BCUT2D eigenvalue weighted by atomic mass is 10.1. The highest BCUT2D eigenvalue weighted by Gasteiger charge is 2.12. The van der Waals surface area contributed by atoms with Crippen molar-refractivity contribution in [3.05, 3.63) is 64.4 Å². The monoisotopic (exact) mass is 401 g/mol. The Balaban J connectivity index is 1.68. The number of hydrogen-bond acceptors (Lipinski definition) is 5. The van der Waals surface area contributed by atoms with Gasteiger partial charge in [0.1, 0.15) is 12.1 Å². The molecule has 0 bridgehead atoms. The number of rotatable bonds is 6. The smallest absolute Gasteiger partial charge is 0.252 e. The molecule has 0 spiro atoms. The van der Waals surface area contributed by atoms with Crippen LogP contribution in [0.3, 0.4) is 0 Å². The first kappa shape index (κ1) is 17.1. The Kier molecular flexibility index (Phi) is 5.39. The first-order valence-corrected chi connectivity index (χ1v) is 8.41. The highest BCUT2D eigenvalue weighted by molar-refractivity contribution is 9.10. The van der Waals surface area contributed by atoms with E-state index in [0.29, 0.717) is 28.7 Å². The third-order valence-electron chi connectivity index (χ3n) is 3.68. The largest absolute Gasteiger partial charge is 0.496 e. The number of nitrogens with one attached hydrogen (secondary N) is 1. The third kappa shape index (κ3) is 4.03. The second kappa shape index (κ2) is 7.89. The van der Waals surface area contributed by atoms with Crippen LogP contribution in [-0.4, -0.2) is 39.8 Å². The lowest BCUT2D eigenvalue weighted by Gasteiger charge is -2.10. The molecule has 8 heteroatoms. The molecule has 1 N–H and O–H groups in total. The van der Waals surface area contributed by atoms with Gasteiger partial charge in [-0.25, -0.2) is 4.68 Å². The fourth-order valence-corrected chi connectivity index (χ4v) is 2.85. The Labute approximate surface area is 153 Å². The van der Waals surface area contributed by atoms with E-state index in [4.69, 9.17) is 4.74 Å². The number of halogens is 1. The van der Waals surface area contributed by atoms with Crippen molar-refractivity contribution in [1.29, 1.82) is 0 Å². The van der Waals surface area contributed by atoms with Gasteiger partial charge in [0, 0.05) is 11.0 Å². The van der Waals surface area contributed by atoms with Gasteiger partial charge < -0.3 is 10.1 Å². The van der Waals surface area contributed by atoms with Gasteiger partial charge in [-0.1, -0.05) is 18.2 Å². The van der Waals surface area contributed by atoms with Crippen LogP contribution in [0.1, 0.15) is 15.9 Å². The van der Waals surface area contributed by atoms with E-state index in [1.165, 1.54) is 11.0 Å². The van der Waals surface area contributed by atoms with E-state index in [1.807, 2.05) is 30.3 Å². The molecule has 1 heterocycles. The van der Waals surface area contributed by atoms with Gasteiger partial charge in [-0.3, -0.25) is 4.79 Å². The van der Waals surface area contributed by atoms with Crippen molar-refractivity contribution in [3.8, 4) is 11.4 Å². The van der Waals surface area contributed by atoms with E-state index in [-0.39, 0.29) is 5.91 Å². The first-order valence-electron chi connectivity index (χ1n) is 7.62. The Morgan fingerprint density at radius 1 is 1.28 bits per heavy atom. The van der Waals surface area contributed by atoms with Gasteiger partial charge in [-0.15, -0.1) is 5.10 Å². The molecule has 128 valence electrons. The van der Waals surface area contributed by atoms with Crippen molar-refractivity contribution in [2.24, 2.45) is 0 Å². The van der Waals surface area contributed by atoms with Crippen molar-refractivity contribution in [1.82, 2.24) is 25.5 Å². The predicted octanol–water partition coefficient (Wildman–Crippen LogP) is 2.41. The lowest BCUT2D eigenvalue weighted by Crippen LogP contribution is -2.26. The number of carbonyl (C=O) groups is 1. The molecule has 0 unspecified atom stereocenters. The molecule has 0 saturated carbocycles. The number of benzene rings is 2. The van der Waals surface area contributed by atoms with Crippen LogP contribution in [0, 0.1) is 0 Å². The SMILES string of the molecule is COc1ccccc1CCNC(=O)c1cc(-n2cnnn2)ccc1Br. The zero-order valence-electron chi connectivity index (χ0n) is 13.5. The molecule has 3 aromatic rings. The number of hydrogen-bond donors (Lipinski definition) is 1.